The molecule has 1 N–H and O–H groups in total. The highest BCUT2D eigenvalue weighted by Crippen LogP contribution is 2.47. The molecule has 1 aliphatic rings. The number of carbonyl (C=O) groups excluding carboxylic acids is 1. The van der Waals surface area contributed by atoms with Gasteiger partial charge in [0.15, 0.2) is 5.69 Å². The summed E-state index contributed by atoms with van der Waals surface area (Å²) in [6.07, 6.45) is -3.53. The number of rotatable bonds is 5. The summed E-state index contributed by atoms with van der Waals surface area (Å²) in [7, 11) is 0. The van der Waals surface area contributed by atoms with E-state index in [9.17, 15) is 26.7 Å². The van der Waals surface area contributed by atoms with E-state index < -0.39 is 35.7 Å². The Morgan fingerprint density at radius 2 is 1.94 bits per heavy atom. The van der Waals surface area contributed by atoms with Crippen LogP contribution < -0.4 is 10.1 Å². The fraction of sp³-hybridized carbons (Fsp3) is 0.304. The number of halogens is 5. The molecular formula is C23H19F5N2O3. The monoisotopic (exact) mass is 466 g/mol. The summed E-state index contributed by atoms with van der Waals surface area (Å²) in [5, 5.41) is 2.55. The minimum Gasteiger partial charge on any atom is -0.416 e. The van der Waals surface area contributed by atoms with E-state index in [4.69, 9.17) is 9.15 Å². The molecule has 0 bridgehead atoms. The van der Waals surface area contributed by atoms with Crippen molar-refractivity contribution in [3.05, 3.63) is 76.2 Å². The van der Waals surface area contributed by atoms with Crippen LogP contribution in [0.2, 0.25) is 0 Å². The van der Waals surface area contributed by atoms with Crippen molar-refractivity contribution in [2.75, 3.05) is 0 Å². The minimum atomic E-state index is -4.35. The smallest absolute Gasteiger partial charge is 0.399 e. The third-order valence-electron chi connectivity index (χ3n) is 5.69. The molecule has 33 heavy (non-hydrogen) atoms. The molecule has 2 atom stereocenters. The molecule has 0 radical (unpaired) electrons. The van der Waals surface area contributed by atoms with Crippen LogP contribution in [0.1, 0.15) is 58.0 Å². The molecular weight excluding hydrogens is 447 g/mol. The maximum Gasteiger partial charge on any atom is 0.399 e. The molecule has 0 aliphatic heterocycles. The Labute approximate surface area is 185 Å². The molecule has 4 rings (SSSR count). The molecule has 3 aromatic rings. The van der Waals surface area contributed by atoms with Gasteiger partial charge in [0.05, 0.1) is 12.0 Å². The van der Waals surface area contributed by atoms with Gasteiger partial charge in [-0.2, -0.15) is 18.2 Å². The molecule has 5 nitrogen and oxygen atoms in total. The van der Waals surface area contributed by atoms with E-state index in [2.05, 4.69) is 10.3 Å². The second-order valence-electron chi connectivity index (χ2n) is 7.86. The molecule has 174 valence electrons. The number of carbonyl (C=O) groups is 1. The van der Waals surface area contributed by atoms with Crippen LogP contribution in [0.4, 0.5) is 22.0 Å². The third kappa shape index (κ3) is 4.55. The van der Waals surface area contributed by atoms with Gasteiger partial charge in [-0.15, -0.1) is 0 Å². The average Bonchev–Trinajstić information content (AvgIpc) is 3.39. The number of benzene rings is 2. The Kier molecular flexibility index (Phi) is 5.85. The Bertz CT molecular complexity index is 1180. The van der Waals surface area contributed by atoms with Crippen LogP contribution in [-0.2, 0) is 6.42 Å². The first-order chi connectivity index (χ1) is 15.5. The Morgan fingerprint density at radius 3 is 2.61 bits per heavy atom. The van der Waals surface area contributed by atoms with E-state index in [1.807, 2.05) is 0 Å². The van der Waals surface area contributed by atoms with Gasteiger partial charge in [-0.05, 0) is 61.6 Å². The van der Waals surface area contributed by atoms with Crippen molar-refractivity contribution in [3.8, 4) is 11.8 Å². The zero-order chi connectivity index (χ0) is 23.9. The first-order valence-electron chi connectivity index (χ1n) is 10.1. The van der Waals surface area contributed by atoms with Crippen LogP contribution in [0.5, 0.6) is 11.8 Å². The largest absolute Gasteiger partial charge is 0.416 e. The molecule has 0 saturated carbocycles. The maximum absolute atomic E-state index is 13.8. The van der Waals surface area contributed by atoms with Gasteiger partial charge < -0.3 is 14.5 Å². The average molecular weight is 466 g/mol. The van der Waals surface area contributed by atoms with E-state index in [0.29, 0.717) is 5.56 Å². The van der Waals surface area contributed by atoms with E-state index in [1.165, 1.54) is 25.1 Å². The highest BCUT2D eigenvalue weighted by molar-refractivity contribution is 5.92. The number of ether oxygens (including phenoxy) is 1. The standard InChI is InChI=1S/C23H19F5N2O3/c1-11-17(24)8-13(9-18(11)25)12(2)29-21(31)19-10-32-22(30-19)33-20-5-3-4-14-15(20)6-7-16(14)23(26,27)28/h3-5,8-10,12,16H,6-7H2,1-2H3,(H,29,31)/t12-,16?/m1/s1. The lowest BCUT2D eigenvalue weighted by Crippen LogP contribution is -2.27. The van der Waals surface area contributed by atoms with Crippen molar-refractivity contribution < 1.29 is 35.9 Å². The lowest BCUT2D eigenvalue weighted by molar-refractivity contribution is -0.149. The predicted molar refractivity (Wildman–Crippen MR) is 107 cm³/mol. The van der Waals surface area contributed by atoms with E-state index in [1.54, 1.807) is 6.92 Å². The van der Waals surface area contributed by atoms with E-state index in [0.717, 1.165) is 18.4 Å². The number of oxazole rings is 1. The lowest BCUT2D eigenvalue weighted by Gasteiger charge is -2.16. The Hall–Kier alpha value is -3.43. The summed E-state index contributed by atoms with van der Waals surface area (Å²) >= 11 is 0. The normalized spacial score (nSPS) is 16.4. The van der Waals surface area contributed by atoms with Gasteiger partial charge in [0.2, 0.25) is 0 Å². The topological polar surface area (TPSA) is 64.4 Å². The summed E-state index contributed by atoms with van der Waals surface area (Å²) in [6, 6.07) is 5.90. The van der Waals surface area contributed by atoms with Crippen LogP contribution in [0.15, 0.2) is 41.0 Å². The SMILES string of the molecule is Cc1c(F)cc([C@@H](C)NC(=O)c2coc(Oc3cccc4c3CCC4C(F)(F)F)n2)cc1F. The summed E-state index contributed by atoms with van der Waals surface area (Å²) < 4.78 is 77.9. The number of nitrogens with one attached hydrogen (secondary N) is 1. The van der Waals surface area contributed by atoms with Gasteiger partial charge in [-0.3, -0.25) is 4.79 Å². The quantitative estimate of drug-likeness (QED) is 0.459. The van der Waals surface area contributed by atoms with Crippen molar-refractivity contribution in [1.29, 1.82) is 0 Å². The summed E-state index contributed by atoms with van der Waals surface area (Å²) in [5.74, 6) is -3.53. The van der Waals surface area contributed by atoms with Crippen LogP contribution in [0.25, 0.3) is 0 Å². The fourth-order valence-corrected chi connectivity index (χ4v) is 3.83. The van der Waals surface area contributed by atoms with Crippen LogP contribution >= 0.6 is 0 Å². The summed E-state index contributed by atoms with van der Waals surface area (Å²) in [4.78, 5) is 16.4. The minimum absolute atomic E-state index is 0.0729. The Morgan fingerprint density at radius 1 is 1.24 bits per heavy atom. The van der Waals surface area contributed by atoms with Gasteiger partial charge in [0.25, 0.3) is 5.91 Å². The van der Waals surface area contributed by atoms with Gasteiger partial charge in [0.1, 0.15) is 23.6 Å². The maximum atomic E-state index is 13.8. The molecule has 1 unspecified atom stereocenters. The van der Waals surface area contributed by atoms with E-state index in [-0.39, 0.29) is 47.1 Å². The number of fused-ring (bicyclic) bond motifs is 1. The zero-order valence-corrected chi connectivity index (χ0v) is 17.6. The van der Waals surface area contributed by atoms with Gasteiger partial charge in [-0.25, -0.2) is 8.78 Å². The number of hydrogen-bond acceptors (Lipinski definition) is 4. The van der Waals surface area contributed by atoms with Crippen molar-refractivity contribution in [2.45, 2.75) is 44.8 Å². The Balaban J connectivity index is 1.47. The number of hydrogen-bond donors (Lipinski definition) is 1. The number of aromatic nitrogens is 1. The van der Waals surface area contributed by atoms with Gasteiger partial charge >= 0.3 is 12.3 Å². The van der Waals surface area contributed by atoms with Crippen LogP contribution in [-0.4, -0.2) is 17.1 Å². The first-order valence-corrected chi connectivity index (χ1v) is 10.1. The lowest BCUT2D eigenvalue weighted by atomic mass is 10.0. The molecule has 1 heterocycles. The van der Waals surface area contributed by atoms with Crippen LogP contribution in [0, 0.1) is 18.6 Å². The van der Waals surface area contributed by atoms with Crippen molar-refractivity contribution in [3.63, 3.8) is 0 Å². The number of alkyl halides is 3. The van der Waals surface area contributed by atoms with Gasteiger partial charge in [-0.1, -0.05) is 12.1 Å². The molecule has 1 aliphatic carbocycles. The molecule has 1 amide bonds. The third-order valence-corrected chi connectivity index (χ3v) is 5.69. The van der Waals surface area contributed by atoms with E-state index >= 15 is 0 Å². The zero-order valence-electron chi connectivity index (χ0n) is 17.6. The number of nitrogens with zero attached hydrogens (tertiary/aromatic N) is 1. The van der Waals surface area contributed by atoms with Crippen LogP contribution in [0.3, 0.4) is 0 Å². The summed E-state index contributed by atoms with van der Waals surface area (Å²) in [5.41, 5.74) is 0.509. The highest BCUT2D eigenvalue weighted by atomic mass is 19.4. The second kappa shape index (κ2) is 8.49. The van der Waals surface area contributed by atoms with Crippen molar-refractivity contribution >= 4 is 5.91 Å². The number of amides is 1. The molecule has 0 saturated heterocycles. The molecule has 0 fully saturated rings. The first kappa shape index (κ1) is 22.8. The van der Waals surface area contributed by atoms with Crippen molar-refractivity contribution in [2.24, 2.45) is 0 Å². The van der Waals surface area contributed by atoms with Crippen molar-refractivity contribution in [1.82, 2.24) is 10.3 Å². The summed E-state index contributed by atoms with van der Waals surface area (Å²) in [6.45, 7) is 2.85. The molecule has 10 heteroatoms. The molecule has 2 aromatic carbocycles. The predicted octanol–water partition coefficient (Wildman–Crippen LogP) is 6.14. The highest BCUT2D eigenvalue weighted by Gasteiger charge is 2.45. The van der Waals surface area contributed by atoms with Gasteiger partial charge in [0, 0.05) is 5.56 Å². The second-order valence-corrected chi connectivity index (χ2v) is 7.86. The molecule has 0 spiro atoms. The fourth-order valence-electron chi connectivity index (χ4n) is 3.83. The molecule has 1 aromatic heterocycles.